The number of halogens is 3. The van der Waals surface area contributed by atoms with Gasteiger partial charge < -0.3 is 5.11 Å². The SMILES string of the molecule is Cc1ccc(C(O)Cc2c(F)ccc(Br)c2F)c(C)c1. The van der Waals surface area contributed by atoms with Crippen LogP contribution in [0.3, 0.4) is 0 Å². The number of aliphatic hydroxyl groups is 1. The molecule has 0 amide bonds. The Labute approximate surface area is 125 Å². The molecule has 1 unspecified atom stereocenters. The lowest BCUT2D eigenvalue weighted by Crippen LogP contribution is -2.07. The Kier molecular flexibility index (Phi) is 4.55. The summed E-state index contributed by atoms with van der Waals surface area (Å²) in [5.41, 5.74) is 2.58. The molecule has 0 radical (unpaired) electrons. The minimum absolute atomic E-state index is 0.0962. The molecule has 0 aliphatic rings. The Bertz CT molecular complexity index is 641. The van der Waals surface area contributed by atoms with Crippen LogP contribution in [0.15, 0.2) is 34.8 Å². The average Bonchev–Trinajstić information content (AvgIpc) is 2.39. The van der Waals surface area contributed by atoms with E-state index < -0.39 is 17.7 Å². The normalized spacial score (nSPS) is 12.5. The summed E-state index contributed by atoms with van der Waals surface area (Å²) in [5.74, 6) is -1.30. The molecular formula is C16H15BrF2O. The number of hydrogen-bond acceptors (Lipinski definition) is 1. The molecule has 20 heavy (non-hydrogen) atoms. The van der Waals surface area contributed by atoms with E-state index in [2.05, 4.69) is 15.9 Å². The summed E-state index contributed by atoms with van der Waals surface area (Å²) in [6, 6.07) is 8.11. The molecule has 4 heteroatoms. The van der Waals surface area contributed by atoms with E-state index in [1.54, 1.807) is 6.07 Å². The van der Waals surface area contributed by atoms with E-state index in [1.165, 1.54) is 12.1 Å². The molecule has 2 aromatic carbocycles. The van der Waals surface area contributed by atoms with Crippen molar-refractivity contribution in [1.29, 1.82) is 0 Å². The molecule has 0 fully saturated rings. The van der Waals surface area contributed by atoms with E-state index in [9.17, 15) is 13.9 Å². The van der Waals surface area contributed by atoms with Gasteiger partial charge in [-0.2, -0.15) is 0 Å². The second-order valence-electron chi connectivity index (χ2n) is 4.90. The van der Waals surface area contributed by atoms with Crippen molar-refractivity contribution in [3.63, 3.8) is 0 Å². The van der Waals surface area contributed by atoms with E-state index in [1.807, 2.05) is 26.0 Å². The van der Waals surface area contributed by atoms with Crippen molar-refractivity contribution in [2.24, 2.45) is 0 Å². The van der Waals surface area contributed by atoms with Crippen molar-refractivity contribution in [1.82, 2.24) is 0 Å². The molecule has 2 rings (SSSR count). The minimum atomic E-state index is -0.936. The first-order chi connectivity index (χ1) is 9.40. The topological polar surface area (TPSA) is 20.2 Å². The molecular weight excluding hydrogens is 326 g/mol. The second-order valence-corrected chi connectivity index (χ2v) is 5.76. The summed E-state index contributed by atoms with van der Waals surface area (Å²) in [5, 5.41) is 10.2. The average molecular weight is 341 g/mol. The van der Waals surface area contributed by atoms with Gasteiger partial charge in [0.2, 0.25) is 0 Å². The van der Waals surface area contributed by atoms with Crippen LogP contribution < -0.4 is 0 Å². The van der Waals surface area contributed by atoms with Gasteiger partial charge in [-0.1, -0.05) is 23.8 Å². The fraction of sp³-hybridized carbons (Fsp3) is 0.250. The Morgan fingerprint density at radius 1 is 1.15 bits per heavy atom. The van der Waals surface area contributed by atoms with Crippen LogP contribution in [0.5, 0.6) is 0 Å². The van der Waals surface area contributed by atoms with Crippen LogP contribution in [0.4, 0.5) is 8.78 Å². The first kappa shape index (κ1) is 15.1. The molecule has 1 atom stereocenters. The summed E-state index contributed by atoms with van der Waals surface area (Å²) < 4.78 is 27.8. The van der Waals surface area contributed by atoms with Gasteiger partial charge in [-0.05, 0) is 53.0 Å². The summed E-state index contributed by atoms with van der Waals surface area (Å²) in [4.78, 5) is 0. The Morgan fingerprint density at radius 3 is 2.50 bits per heavy atom. The molecule has 106 valence electrons. The third kappa shape index (κ3) is 3.07. The first-order valence-electron chi connectivity index (χ1n) is 6.27. The van der Waals surface area contributed by atoms with Crippen molar-refractivity contribution in [3.8, 4) is 0 Å². The fourth-order valence-corrected chi connectivity index (χ4v) is 2.63. The summed E-state index contributed by atoms with van der Waals surface area (Å²) in [6.45, 7) is 3.83. The van der Waals surface area contributed by atoms with Crippen molar-refractivity contribution < 1.29 is 13.9 Å². The van der Waals surface area contributed by atoms with Gasteiger partial charge in [0.05, 0.1) is 10.6 Å². The predicted octanol–water partition coefficient (Wildman–Crippen LogP) is 4.62. The highest BCUT2D eigenvalue weighted by Crippen LogP contribution is 2.28. The van der Waals surface area contributed by atoms with Crippen molar-refractivity contribution in [3.05, 3.63) is 68.7 Å². The lowest BCUT2D eigenvalue weighted by atomic mass is 9.96. The van der Waals surface area contributed by atoms with Crippen molar-refractivity contribution in [2.45, 2.75) is 26.4 Å². The van der Waals surface area contributed by atoms with Crippen LogP contribution >= 0.6 is 15.9 Å². The van der Waals surface area contributed by atoms with Crippen LogP contribution in [-0.4, -0.2) is 5.11 Å². The predicted molar refractivity (Wildman–Crippen MR) is 78.6 cm³/mol. The van der Waals surface area contributed by atoms with Crippen LogP contribution in [0.25, 0.3) is 0 Å². The molecule has 0 bridgehead atoms. The molecule has 0 saturated heterocycles. The van der Waals surface area contributed by atoms with Crippen LogP contribution in [0.2, 0.25) is 0 Å². The Morgan fingerprint density at radius 2 is 1.85 bits per heavy atom. The highest BCUT2D eigenvalue weighted by atomic mass is 79.9. The molecule has 0 spiro atoms. The zero-order valence-electron chi connectivity index (χ0n) is 11.3. The molecule has 0 saturated carbocycles. The van der Waals surface area contributed by atoms with E-state index in [0.717, 1.165) is 11.1 Å². The minimum Gasteiger partial charge on any atom is -0.388 e. The lowest BCUT2D eigenvalue weighted by molar-refractivity contribution is 0.175. The van der Waals surface area contributed by atoms with E-state index in [0.29, 0.717) is 5.56 Å². The summed E-state index contributed by atoms with van der Waals surface area (Å²) in [6.07, 6.45) is -1.03. The highest BCUT2D eigenvalue weighted by Gasteiger charge is 2.18. The number of hydrogen-bond donors (Lipinski definition) is 1. The van der Waals surface area contributed by atoms with Gasteiger partial charge in [0.15, 0.2) is 0 Å². The lowest BCUT2D eigenvalue weighted by Gasteiger charge is -2.15. The maximum atomic E-state index is 13.9. The largest absolute Gasteiger partial charge is 0.388 e. The second kappa shape index (κ2) is 6.02. The number of aryl methyl sites for hydroxylation is 2. The molecule has 0 aromatic heterocycles. The van der Waals surface area contributed by atoms with Crippen LogP contribution in [0.1, 0.15) is 28.4 Å². The molecule has 1 nitrogen and oxygen atoms in total. The first-order valence-corrected chi connectivity index (χ1v) is 7.07. The Hall–Kier alpha value is -1.26. The van der Waals surface area contributed by atoms with Crippen molar-refractivity contribution in [2.75, 3.05) is 0 Å². The van der Waals surface area contributed by atoms with Gasteiger partial charge in [-0.15, -0.1) is 0 Å². The molecule has 0 aliphatic carbocycles. The highest BCUT2D eigenvalue weighted by molar-refractivity contribution is 9.10. The summed E-state index contributed by atoms with van der Waals surface area (Å²) >= 11 is 3.03. The molecule has 0 heterocycles. The summed E-state index contributed by atoms with van der Waals surface area (Å²) in [7, 11) is 0. The zero-order chi connectivity index (χ0) is 14.9. The molecule has 1 N–H and O–H groups in total. The maximum Gasteiger partial charge on any atom is 0.143 e. The van der Waals surface area contributed by atoms with Crippen molar-refractivity contribution >= 4 is 15.9 Å². The van der Waals surface area contributed by atoms with Gasteiger partial charge >= 0.3 is 0 Å². The van der Waals surface area contributed by atoms with Gasteiger partial charge in [0.25, 0.3) is 0 Å². The number of benzene rings is 2. The van der Waals surface area contributed by atoms with E-state index >= 15 is 0 Å². The molecule has 0 aliphatic heterocycles. The van der Waals surface area contributed by atoms with Crippen LogP contribution in [0, 0.1) is 25.5 Å². The number of rotatable bonds is 3. The van der Waals surface area contributed by atoms with Gasteiger partial charge in [0, 0.05) is 12.0 Å². The standard InChI is InChI=1S/C16H15BrF2O/c1-9-3-4-11(10(2)7-9)15(20)8-12-14(18)6-5-13(17)16(12)19/h3-7,15,20H,8H2,1-2H3. The van der Waals surface area contributed by atoms with Gasteiger partial charge in [0.1, 0.15) is 11.6 Å². The number of aliphatic hydroxyl groups excluding tert-OH is 1. The third-order valence-corrected chi connectivity index (χ3v) is 3.93. The quantitative estimate of drug-likeness (QED) is 0.808. The maximum absolute atomic E-state index is 13.9. The zero-order valence-corrected chi connectivity index (χ0v) is 12.8. The van der Waals surface area contributed by atoms with E-state index in [4.69, 9.17) is 0 Å². The fourth-order valence-electron chi connectivity index (χ4n) is 2.26. The smallest absolute Gasteiger partial charge is 0.143 e. The third-order valence-electron chi connectivity index (χ3n) is 3.32. The van der Waals surface area contributed by atoms with Crippen LogP contribution in [-0.2, 0) is 6.42 Å². The molecule has 2 aromatic rings. The van der Waals surface area contributed by atoms with E-state index in [-0.39, 0.29) is 16.5 Å². The monoisotopic (exact) mass is 340 g/mol. The van der Waals surface area contributed by atoms with Gasteiger partial charge in [-0.25, -0.2) is 8.78 Å². The Balaban J connectivity index is 2.32. The van der Waals surface area contributed by atoms with Gasteiger partial charge in [-0.3, -0.25) is 0 Å².